The van der Waals surface area contributed by atoms with Crippen molar-refractivity contribution in [3.05, 3.63) is 41.4 Å². The molecule has 0 saturated carbocycles. The molecule has 0 saturated heterocycles. The van der Waals surface area contributed by atoms with Gasteiger partial charge in [-0.15, -0.1) is 0 Å². The van der Waals surface area contributed by atoms with Crippen LogP contribution in [0.3, 0.4) is 0 Å². The molecular formula is C12H17N3O. The van der Waals surface area contributed by atoms with E-state index in [1.807, 2.05) is 26.0 Å². The average Bonchev–Trinajstić information content (AvgIpc) is 2.84. The van der Waals surface area contributed by atoms with Crippen LogP contribution < -0.4 is 5.32 Å². The highest BCUT2D eigenvalue weighted by Gasteiger charge is 2.09. The lowest BCUT2D eigenvalue weighted by Gasteiger charge is -2.10. The molecule has 2 heterocycles. The van der Waals surface area contributed by atoms with E-state index in [2.05, 4.69) is 22.2 Å². The molecule has 2 aromatic heterocycles. The number of hydrogen-bond donors (Lipinski definition) is 2. The van der Waals surface area contributed by atoms with Gasteiger partial charge in [0.2, 0.25) is 0 Å². The summed E-state index contributed by atoms with van der Waals surface area (Å²) >= 11 is 0. The van der Waals surface area contributed by atoms with Crippen LogP contribution in [0.25, 0.3) is 0 Å². The second-order valence-electron chi connectivity index (χ2n) is 4.03. The fraction of sp³-hybridized carbons (Fsp3) is 0.417. The highest BCUT2D eigenvalue weighted by atomic mass is 16.3. The van der Waals surface area contributed by atoms with Crippen LogP contribution in [0.4, 0.5) is 0 Å². The lowest BCUT2D eigenvalue weighted by atomic mass is 10.2. The van der Waals surface area contributed by atoms with E-state index in [9.17, 15) is 0 Å². The largest absolute Gasteiger partial charge is 0.465 e. The minimum atomic E-state index is 0.199. The van der Waals surface area contributed by atoms with Gasteiger partial charge in [-0.1, -0.05) is 0 Å². The van der Waals surface area contributed by atoms with Gasteiger partial charge in [-0.25, -0.2) is 4.98 Å². The summed E-state index contributed by atoms with van der Waals surface area (Å²) in [6.45, 7) is 6.80. The molecule has 1 unspecified atom stereocenters. The molecule has 16 heavy (non-hydrogen) atoms. The second-order valence-corrected chi connectivity index (χ2v) is 4.03. The van der Waals surface area contributed by atoms with Crippen LogP contribution in [-0.2, 0) is 6.54 Å². The Labute approximate surface area is 95.1 Å². The number of rotatable bonds is 4. The second kappa shape index (κ2) is 4.53. The van der Waals surface area contributed by atoms with Crippen molar-refractivity contribution in [1.82, 2.24) is 15.3 Å². The van der Waals surface area contributed by atoms with Gasteiger partial charge in [-0.3, -0.25) is 0 Å². The molecule has 0 amide bonds. The number of imidazole rings is 1. The van der Waals surface area contributed by atoms with Gasteiger partial charge in [0.1, 0.15) is 11.5 Å². The number of aromatic amines is 1. The van der Waals surface area contributed by atoms with Crippen LogP contribution in [-0.4, -0.2) is 9.97 Å². The summed E-state index contributed by atoms with van der Waals surface area (Å²) in [7, 11) is 0. The molecule has 4 nitrogen and oxygen atoms in total. The van der Waals surface area contributed by atoms with Gasteiger partial charge in [0.25, 0.3) is 0 Å². The third-order valence-electron chi connectivity index (χ3n) is 2.70. The molecule has 0 aliphatic rings. The van der Waals surface area contributed by atoms with Crippen molar-refractivity contribution < 1.29 is 4.42 Å². The highest BCUT2D eigenvalue weighted by molar-refractivity contribution is 5.11. The minimum Gasteiger partial charge on any atom is -0.465 e. The van der Waals surface area contributed by atoms with Crippen LogP contribution in [0.1, 0.15) is 35.9 Å². The SMILES string of the molecule is Cc1ccc(C(C)NCc2nc[nH]c2C)o1. The van der Waals surface area contributed by atoms with Gasteiger partial charge in [-0.05, 0) is 32.9 Å². The minimum absolute atomic E-state index is 0.199. The van der Waals surface area contributed by atoms with Crippen molar-refractivity contribution in [3.8, 4) is 0 Å². The molecule has 0 spiro atoms. The summed E-state index contributed by atoms with van der Waals surface area (Å²) in [5.41, 5.74) is 2.16. The van der Waals surface area contributed by atoms with E-state index in [1.54, 1.807) is 6.33 Å². The topological polar surface area (TPSA) is 53.9 Å². The summed E-state index contributed by atoms with van der Waals surface area (Å²) in [6, 6.07) is 4.18. The van der Waals surface area contributed by atoms with Crippen molar-refractivity contribution in [2.75, 3.05) is 0 Å². The number of furan rings is 1. The first-order chi connectivity index (χ1) is 7.66. The molecule has 2 N–H and O–H groups in total. The maximum Gasteiger partial charge on any atom is 0.120 e. The van der Waals surface area contributed by atoms with Crippen molar-refractivity contribution in [2.24, 2.45) is 0 Å². The van der Waals surface area contributed by atoms with E-state index < -0.39 is 0 Å². The number of aryl methyl sites for hydroxylation is 2. The fourth-order valence-corrected chi connectivity index (χ4v) is 1.60. The zero-order chi connectivity index (χ0) is 11.5. The summed E-state index contributed by atoms with van der Waals surface area (Å²) in [6.07, 6.45) is 1.72. The monoisotopic (exact) mass is 219 g/mol. The number of nitrogens with one attached hydrogen (secondary N) is 2. The van der Waals surface area contributed by atoms with E-state index >= 15 is 0 Å². The van der Waals surface area contributed by atoms with Crippen molar-refractivity contribution in [2.45, 2.75) is 33.4 Å². The van der Waals surface area contributed by atoms with Gasteiger partial charge >= 0.3 is 0 Å². The van der Waals surface area contributed by atoms with E-state index in [-0.39, 0.29) is 6.04 Å². The van der Waals surface area contributed by atoms with Crippen molar-refractivity contribution in [1.29, 1.82) is 0 Å². The maximum absolute atomic E-state index is 5.55. The van der Waals surface area contributed by atoms with Gasteiger partial charge in [0.05, 0.1) is 18.1 Å². The molecule has 4 heteroatoms. The van der Waals surface area contributed by atoms with Crippen LogP contribution in [0, 0.1) is 13.8 Å². The molecular weight excluding hydrogens is 202 g/mol. The average molecular weight is 219 g/mol. The Balaban J connectivity index is 1.93. The maximum atomic E-state index is 5.55. The Morgan fingerprint density at radius 3 is 2.81 bits per heavy atom. The number of aromatic nitrogens is 2. The van der Waals surface area contributed by atoms with Crippen molar-refractivity contribution in [3.63, 3.8) is 0 Å². The Morgan fingerprint density at radius 2 is 2.25 bits per heavy atom. The van der Waals surface area contributed by atoms with E-state index in [0.29, 0.717) is 0 Å². The first-order valence-electron chi connectivity index (χ1n) is 5.45. The molecule has 0 radical (unpaired) electrons. The van der Waals surface area contributed by atoms with E-state index in [4.69, 9.17) is 4.42 Å². The summed E-state index contributed by atoms with van der Waals surface area (Å²) < 4.78 is 5.55. The lowest BCUT2D eigenvalue weighted by molar-refractivity contribution is 0.414. The van der Waals surface area contributed by atoms with Crippen LogP contribution in [0.5, 0.6) is 0 Å². The predicted octanol–water partition coefficient (Wildman–Crippen LogP) is 2.47. The standard InChI is InChI=1S/C12H17N3O/c1-8-4-5-12(16-8)10(3)13-6-11-9(2)14-7-15-11/h4-5,7,10,13H,6H2,1-3H3,(H,14,15). The molecule has 0 bridgehead atoms. The predicted molar refractivity (Wildman–Crippen MR) is 62.0 cm³/mol. The quantitative estimate of drug-likeness (QED) is 0.830. The normalized spacial score (nSPS) is 12.9. The van der Waals surface area contributed by atoms with E-state index in [0.717, 1.165) is 29.5 Å². The molecule has 86 valence electrons. The third kappa shape index (κ3) is 2.33. The van der Waals surface area contributed by atoms with Gasteiger partial charge in [-0.2, -0.15) is 0 Å². The summed E-state index contributed by atoms with van der Waals surface area (Å²) in [5.74, 6) is 1.91. The number of nitrogens with zero attached hydrogens (tertiary/aromatic N) is 1. The Hall–Kier alpha value is -1.55. The molecule has 0 aliphatic carbocycles. The summed E-state index contributed by atoms with van der Waals surface area (Å²) in [4.78, 5) is 7.30. The van der Waals surface area contributed by atoms with Gasteiger partial charge in [0.15, 0.2) is 0 Å². The van der Waals surface area contributed by atoms with Crippen LogP contribution >= 0.6 is 0 Å². The summed E-state index contributed by atoms with van der Waals surface area (Å²) in [5, 5.41) is 3.38. The van der Waals surface area contributed by atoms with E-state index in [1.165, 1.54) is 0 Å². The Morgan fingerprint density at radius 1 is 1.44 bits per heavy atom. The zero-order valence-electron chi connectivity index (χ0n) is 9.87. The number of H-pyrrole nitrogens is 1. The smallest absolute Gasteiger partial charge is 0.120 e. The third-order valence-corrected chi connectivity index (χ3v) is 2.70. The molecule has 0 aromatic carbocycles. The Kier molecular flexibility index (Phi) is 3.10. The first-order valence-corrected chi connectivity index (χ1v) is 5.45. The lowest BCUT2D eigenvalue weighted by Crippen LogP contribution is -2.18. The fourth-order valence-electron chi connectivity index (χ4n) is 1.60. The molecule has 0 fully saturated rings. The molecule has 2 rings (SSSR count). The van der Waals surface area contributed by atoms with Gasteiger partial charge < -0.3 is 14.7 Å². The number of hydrogen-bond acceptors (Lipinski definition) is 3. The van der Waals surface area contributed by atoms with Crippen LogP contribution in [0.15, 0.2) is 22.9 Å². The zero-order valence-corrected chi connectivity index (χ0v) is 9.87. The van der Waals surface area contributed by atoms with Crippen molar-refractivity contribution >= 4 is 0 Å². The van der Waals surface area contributed by atoms with Gasteiger partial charge in [0, 0.05) is 12.2 Å². The molecule has 2 aromatic rings. The molecule has 1 atom stereocenters. The Bertz CT molecular complexity index is 458. The first kappa shape index (κ1) is 11.0. The molecule has 0 aliphatic heterocycles. The highest BCUT2D eigenvalue weighted by Crippen LogP contribution is 2.16. The van der Waals surface area contributed by atoms with Crippen LogP contribution in [0.2, 0.25) is 0 Å².